The number of ketones is 1. The van der Waals surface area contributed by atoms with Crippen LogP contribution in [0.2, 0.25) is 41.3 Å². The molecule has 1 fully saturated rings. The predicted octanol–water partition coefficient (Wildman–Crippen LogP) is 12.1. The molecule has 11 heteroatoms. The molecular formula is C53H86O8Si3. The predicted molar refractivity (Wildman–Crippen MR) is 271 cm³/mol. The Hall–Kier alpha value is -2.46. The van der Waals surface area contributed by atoms with E-state index in [1.165, 1.54) is 10.4 Å². The minimum absolute atomic E-state index is 0.00296. The molecule has 3 aromatic carbocycles. The van der Waals surface area contributed by atoms with Crippen molar-refractivity contribution in [1.82, 2.24) is 0 Å². The maximum atomic E-state index is 15.5. The van der Waals surface area contributed by atoms with Crippen molar-refractivity contribution >= 4 is 41.1 Å². The van der Waals surface area contributed by atoms with E-state index >= 15 is 4.79 Å². The Morgan fingerprint density at radius 2 is 1.27 bits per heavy atom. The van der Waals surface area contributed by atoms with E-state index in [2.05, 4.69) is 163 Å². The number of hydrogen-bond donors (Lipinski definition) is 0. The second-order valence-electron chi connectivity index (χ2n) is 23.1. The van der Waals surface area contributed by atoms with Gasteiger partial charge in [-0.15, -0.1) is 0 Å². The van der Waals surface area contributed by atoms with Crippen LogP contribution < -0.4 is 15.1 Å². The van der Waals surface area contributed by atoms with Crippen molar-refractivity contribution in [3.05, 3.63) is 90.5 Å². The summed E-state index contributed by atoms with van der Waals surface area (Å²) in [6, 6.07) is 29.4. The Labute approximate surface area is 392 Å². The fraction of sp³-hybridized carbons (Fsp3) is 0.642. The summed E-state index contributed by atoms with van der Waals surface area (Å²) in [5.41, 5.74) is 0.954. The van der Waals surface area contributed by atoms with Crippen LogP contribution in [0.25, 0.3) is 0 Å². The summed E-state index contributed by atoms with van der Waals surface area (Å²) in [4.78, 5) is 15.5. The number of carbonyl (C=O) groups excluding carboxylic acids is 1. The Kier molecular flexibility index (Phi) is 18.3. The summed E-state index contributed by atoms with van der Waals surface area (Å²) in [7, 11) is -5.91. The molecule has 1 aliphatic rings. The first-order chi connectivity index (χ1) is 29.5. The standard InChI is InChI=1S/C53H86O8Si3/c1-39(36-58-64(52(9,10)11,45-25-21-19-22-26-45)46-27-23-20-24-28-46)33-43(60-62(15,16)50(3,4)5)35-47(54)49(56-37-41-29-31-42(55-14)32-30-41)48(61-63(17,18)51(6,7)8)40(2)34-44-38-57-53(12,13)59-44/h19-32,39-40,43-44,48-49H,33-38H2,1-18H3/t39-,40+,43-,44+,48-,49-/m0/s1. The lowest BCUT2D eigenvalue weighted by atomic mass is 9.89. The highest BCUT2D eigenvalue weighted by molar-refractivity contribution is 6.99. The molecule has 0 unspecified atom stereocenters. The molecule has 8 nitrogen and oxygen atoms in total. The Morgan fingerprint density at radius 1 is 0.750 bits per heavy atom. The van der Waals surface area contributed by atoms with Crippen molar-refractivity contribution in [2.24, 2.45) is 11.8 Å². The fourth-order valence-corrected chi connectivity index (χ4v) is 15.8. The molecule has 0 aromatic heterocycles. The first-order valence-electron chi connectivity index (χ1n) is 23.7. The van der Waals surface area contributed by atoms with Gasteiger partial charge in [0.1, 0.15) is 11.9 Å². The fourth-order valence-electron chi connectivity index (χ4n) is 8.35. The quantitative estimate of drug-likeness (QED) is 0.0922. The molecule has 64 heavy (non-hydrogen) atoms. The van der Waals surface area contributed by atoms with Crippen LogP contribution in [0.4, 0.5) is 0 Å². The van der Waals surface area contributed by atoms with Gasteiger partial charge in [0.2, 0.25) is 0 Å². The first-order valence-corrected chi connectivity index (χ1v) is 31.4. The molecule has 0 saturated carbocycles. The third-order valence-corrected chi connectivity index (χ3v) is 28.1. The van der Waals surface area contributed by atoms with Gasteiger partial charge in [0, 0.05) is 13.0 Å². The highest BCUT2D eigenvalue weighted by Crippen LogP contribution is 2.42. The van der Waals surface area contributed by atoms with E-state index in [1.54, 1.807) is 7.11 Å². The van der Waals surface area contributed by atoms with Gasteiger partial charge in [0.15, 0.2) is 28.2 Å². The number of methoxy groups -OCH3 is 1. The normalized spacial score (nSPS) is 18.9. The van der Waals surface area contributed by atoms with E-state index in [0.29, 0.717) is 26.1 Å². The van der Waals surface area contributed by atoms with Crippen LogP contribution in [0.3, 0.4) is 0 Å². The minimum atomic E-state index is -2.79. The molecule has 0 bridgehead atoms. The van der Waals surface area contributed by atoms with E-state index in [-0.39, 0.29) is 58.0 Å². The zero-order chi connectivity index (χ0) is 47.9. The van der Waals surface area contributed by atoms with E-state index < -0.39 is 42.9 Å². The van der Waals surface area contributed by atoms with Crippen molar-refractivity contribution < 1.29 is 37.0 Å². The molecule has 1 saturated heterocycles. The SMILES string of the molecule is COc1ccc(CO[C@@H](C(=O)C[C@H](C[C@H](C)CO[Si](c2ccccc2)(c2ccccc2)C(C)(C)C)O[Si](C)(C)C(C)(C)C)[C@@H](O[Si](C)(C)C(C)(C)C)[C@H](C)C[C@@H]2COC(C)(C)O2)cc1. The minimum Gasteiger partial charge on any atom is -0.497 e. The van der Waals surface area contributed by atoms with Crippen LogP contribution in [0.15, 0.2) is 84.9 Å². The van der Waals surface area contributed by atoms with Gasteiger partial charge in [0.25, 0.3) is 8.32 Å². The number of hydrogen-bond acceptors (Lipinski definition) is 8. The molecule has 3 aromatic rings. The van der Waals surface area contributed by atoms with Crippen molar-refractivity contribution in [2.75, 3.05) is 20.3 Å². The van der Waals surface area contributed by atoms with Gasteiger partial charge in [0.05, 0.1) is 38.6 Å². The molecule has 1 aliphatic heterocycles. The van der Waals surface area contributed by atoms with Crippen LogP contribution in [0.1, 0.15) is 115 Å². The largest absolute Gasteiger partial charge is 0.497 e. The van der Waals surface area contributed by atoms with Crippen molar-refractivity contribution in [1.29, 1.82) is 0 Å². The summed E-state index contributed by atoms with van der Waals surface area (Å²) in [6.07, 6.45) is -0.331. The lowest BCUT2D eigenvalue weighted by molar-refractivity contribution is -0.149. The molecule has 0 amide bonds. The highest BCUT2D eigenvalue weighted by Gasteiger charge is 2.51. The van der Waals surface area contributed by atoms with Gasteiger partial charge in [-0.25, -0.2) is 0 Å². The third kappa shape index (κ3) is 14.0. The first kappa shape index (κ1) is 54.1. The zero-order valence-electron chi connectivity index (χ0n) is 43.1. The molecule has 358 valence electrons. The van der Waals surface area contributed by atoms with Crippen LogP contribution in [0, 0.1) is 11.8 Å². The maximum absolute atomic E-state index is 15.5. The van der Waals surface area contributed by atoms with Gasteiger partial charge in [-0.3, -0.25) is 4.79 Å². The van der Waals surface area contributed by atoms with Crippen molar-refractivity contribution in [3.8, 4) is 5.75 Å². The topological polar surface area (TPSA) is 81.7 Å². The maximum Gasteiger partial charge on any atom is 0.261 e. The molecular weight excluding hydrogens is 849 g/mol. The molecule has 1 heterocycles. The van der Waals surface area contributed by atoms with E-state index in [4.69, 9.17) is 32.2 Å². The van der Waals surface area contributed by atoms with E-state index in [9.17, 15) is 0 Å². The lowest BCUT2D eigenvalue weighted by Crippen LogP contribution is -2.66. The summed E-state index contributed by atoms with van der Waals surface area (Å²) in [5, 5.41) is 2.19. The van der Waals surface area contributed by atoms with Gasteiger partial charge in [-0.05, 0) is 108 Å². The number of Topliss-reactive ketones (excluding diaryl/α,β-unsaturated/α-hetero) is 1. The zero-order valence-corrected chi connectivity index (χ0v) is 46.1. The summed E-state index contributed by atoms with van der Waals surface area (Å²) in [6.45, 7) is 39.1. The van der Waals surface area contributed by atoms with Gasteiger partial charge in [-0.2, -0.15) is 0 Å². The smallest absolute Gasteiger partial charge is 0.261 e. The van der Waals surface area contributed by atoms with Gasteiger partial charge in [-0.1, -0.05) is 149 Å². The Bertz CT molecular complexity index is 1840. The number of benzene rings is 3. The van der Waals surface area contributed by atoms with Gasteiger partial charge >= 0.3 is 0 Å². The van der Waals surface area contributed by atoms with Crippen molar-refractivity contribution in [3.63, 3.8) is 0 Å². The second-order valence-corrected chi connectivity index (χ2v) is 36.9. The number of rotatable bonds is 22. The van der Waals surface area contributed by atoms with Crippen LogP contribution in [0.5, 0.6) is 5.75 Å². The molecule has 0 N–H and O–H groups in total. The van der Waals surface area contributed by atoms with Gasteiger partial charge < -0.3 is 32.2 Å². The molecule has 6 atom stereocenters. The van der Waals surface area contributed by atoms with Crippen LogP contribution in [-0.2, 0) is 38.9 Å². The Balaban J connectivity index is 1.74. The molecule has 0 radical (unpaired) electrons. The second kappa shape index (κ2) is 21.7. The van der Waals surface area contributed by atoms with Crippen LogP contribution >= 0.6 is 0 Å². The number of ether oxygens (including phenoxy) is 4. The Morgan fingerprint density at radius 3 is 1.72 bits per heavy atom. The van der Waals surface area contributed by atoms with Crippen LogP contribution in [-0.4, -0.2) is 81.3 Å². The summed E-state index contributed by atoms with van der Waals surface area (Å²) < 4.78 is 46.9. The summed E-state index contributed by atoms with van der Waals surface area (Å²) >= 11 is 0. The van der Waals surface area contributed by atoms with Crippen molar-refractivity contribution in [2.45, 2.75) is 187 Å². The summed E-state index contributed by atoms with van der Waals surface area (Å²) in [5.74, 6) is 0.108. The molecule has 0 aliphatic carbocycles. The lowest BCUT2D eigenvalue weighted by Gasteiger charge is -2.44. The third-order valence-electron chi connectivity index (χ3n) is 14.1. The monoisotopic (exact) mass is 935 g/mol. The molecule has 4 rings (SSSR count). The highest BCUT2D eigenvalue weighted by atomic mass is 28.4. The van der Waals surface area contributed by atoms with E-state index in [1.807, 2.05) is 38.1 Å². The van der Waals surface area contributed by atoms with E-state index in [0.717, 1.165) is 11.3 Å². The average molecular weight is 936 g/mol. The number of carbonyl (C=O) groups is 1. The average Bonchev–Trinajstić information content (AvgIpc) is 3.54. The molecule has 0 spiro atoms.